The molecular weight excluding hydrogens is 356 g/mol. The summed E-state index contributed by atoms with van der Waals surface area (Å²) >= 11 is 0. The second-order valence-electron chi connectivity index (χ2n) is 7.73. The van der Waals surface area contributed by atoms with Gasteiger partial charge in [0.1, 0.15) is 6.10 Å². The molecule has 1 aromatic carbocycles. The van der Waals surface area contributed by atoms with Gasteiger partial charge in [-0.25, -0.2) is 4.98 Å². The lowest BCUT2D eigenvalue weighted by atomic mass is 9.78. The van der Waals surface area contributed by atoms with Crippen LogP contribution in [0.1, 0.15) is 18.5 Å². The number of aliphatic hydroxyl groups excluding tert-OH is 1. The summed E-state index contributed by atoms with van der Waals surface area (Å²) in [5, 5.41) is 10.7. The van der Waals surface area contributed by atoms with E-state index < -0.39 is 6.10 Å². The molecule has 1 aromatic heterocycles. The first-order valence-electron chi connectivity index (χ1n) is 9.86. The number of hydrogen-bond donors (Lipinski definition) is 1. The monoisotopic (exact) mass is 384 g/mol. The Morgan fingerprint density at radius 1 is 0.964 bits per heavy atom. The summed E-state index contributed by atoms with van der Waals surface area (Å²) in [6.07, 6.45) is 0.965. The van der Waals surface area contributed by atoms with Crippen LogP contribution in [0.5, 0.6) is 17.4 Å². The minimum absolute atomic E-state index is 0.201. The van der Waals surface area contributed by atoms with Crippen molar-refractivity contribution in [3.63, 3.8) is 0 Å². The molecule has 0 bridgehead atoms. The molecule has 6 nitrogen and oxygen atoms in total. The SMILES string of the molecule is COc1cccc(CN2C[C@H]3C[C@@H](Oc4ccccc4OC)[C@H](O)C[C@H]3C2)n1. The Morgan fingerprint density at radius 2 is 1.71 bits per heavy atom. The fourth-order valence-electron chi connectivity index (χ4n) is 4.51. The van der Waals surface area contributed by atoms with Crippen molar-refractivity contribution in [1.82, 2.24) is 9.88 Å². The summed E-state index contributed by atoms with van der Waals surface area (Å²) in [6.45, 7) is 2.79. The molecular formula is C22H28N2O4. The van der Waals surface area contributed by atoms with Gasteiger partial charge in [0.15, 0.2) is 11.5 Å². The molecule has 2 aliphatic rings. The van der Waals surface area contributed by atoms with Crippen LogP contribution in [0, 0.1) is 11.8 Å². The highest BCUT2D eigenvalue weighted by molar-refractivity contribution is 5.39. The van der Waals surface area contributed by atoms with Crippen LogP contribution in [-0.2, 0) is 6.54 Å². The Bertz CT molecular complexity index is 800. The van der Waals surface area contributed by atoms with E-state index in [1.54, 1.807) is 14.2 Å². The maximum Gasteiger partial charge on any atom is 0.213 e. The zero-order valence-corrected chi connectivity index (χ0v) is 16.5. The minimum atomic E-state index is -0.457. The van der Waals surface area contributed by atoms with E-state index in [-0.39, 0.29) is 6.10 Å². The van der Waals surface area contributed by atoms with Gasteiger partial charge in [0.2, 0.25) is 5.88 Å². The third kappa shape index (κ3) is 4.08. The van der Waals surface area contributed by atoms with Crippen LogP contribution in [0.4, 0.5) is 0 Å². The van der Waals surface area contributed by atoms with E-state index >= 15 is 0 Å². The molecule has 28 heavy (non-hydrogen) atoms. The van der Waals surface area contributed by atoms with Crippen LogP contribution in [0.2, 0.25) is 0 Å². The van der Waals surface area contributed by atoms with Crippen molar-refractivity contribution < 1.29 is 19.3 Å². The molecule has 150 valence electrons. The second-order valence-corrected chi connectivity index (χ2v) is 7.73. The number of likely N-dealkylation sites (tertiary alicyclic amines) is 1. The van der Waals surface area contributed by atoms with Gasteiger partial charge in [-0.3, -0.25) is 4.90 Å². The minimum Gasteiger partial charge on any atom is -0.493 e. The molecule has 0 radical (unpaired) electrons. The van der Waals surface area contributed by atoms with Crippen molar-refractivity contribution in [2.24, 2.45) is 11.8 Å². The van der Waals surface area contributed by atoms with E-state index in [1.807, 2.05) is 42.5 Å². The van der Waals surface area contributed by atoms with Gasteiger partial charge in [-0.1, -0.05) is 18.2 Å². The number of methoxy groups -OCH3 is 2. The lowest BCUT2D eigenvalue weighted by molar-refractivity contribution is -0.0240. The largest absolute Gasteiger partial charge is 0.493 e. The van der Waals surface area contributed by atoms with E-state index in [9.17, 15) is 5.11 Å². The predicted octanol–water partition coefficient (Wildman–Crippen LogP) is 2.75. The average molecular weight is 384 g/mol. The number of benzene rings is 1. The zero-order chi connectivity index (χ0) is 19.5. The van der Waals surface area contributed by atoms with Gasteiger partial charge in [0, 0.05) is 25.7 Å². The Kier molecular flexibility index (Phi) is 5.69. The summed E-state index contributed by atoms with van der Waals surface area (Å²) < 4.78 is 16.8. The van der Waals surface area contributed by atoms with Crippen molar-refractivity contribution in [3.05, 3.63) is 48.2 Å². The summed E-state index contributed by atoms with van der Waals surface area (Å²) in [4.78, 5) is 6.95. The van der Waals surface area contributed by atoms with Crippen LogP contribution >= 0.6 is 0 Å². The number of rotatable bonds is 6. The first kappa shape index (κ1) is 19.0. The molecule has 0 amide bonds. The Morgan fingerprint density at radius 3 is 2.46 bits per heavy atom. The molecule has 1 aliphatic heterocycles. The van der Waals surface area contributed by atoms with Crippen molar-refractivity contribution in [3.8, 4) is 17.4 Å². The second kappa shape index (κ2) is 8.37. The Balaban J connectivity index is 1.39. The molecule has 1 saturated heterocycles. The van der Waals surface area contributed by atoms with Crippen molar-refractivity contribution in [1.29, 1.82) is 0 Å². The topological polar surface area (TPSA) is 64.1 Å². The predicted molar refractivity (Wildman–Crippen MR) is 106 cm³/mol. The molecule has 2 heterocycles. The summed E-state index contributed by atoms with van der Waals surface area (Å²) in [5.74, 6) is 3.07. The van der Waals surface area contributed by atoms with E-state index in [2.05, 4.69) is 9.88 Å². The molecule has 1 saturated carbocycles. The lowest BCUT2D eigenvalue weighted by Gasteiger charge is -2.35. The van der Waals surface area contributed by atoms with E-state index in [4.69, 9.17) is 14.2 Å². The van der Waals surface area contributed by atoms with E-state index in [1.165, 1.54) is 0 Å². The van der Waals surface area contributed by atoms with Crippen LogP contribution in [0.3, 0.4) is 0 Å². The maximum absolute atomic E-state index is 10.7. The Labute approximate surface area is 166 Å². The van der Waals surface area contributed by atoms with Gasteiger partial charge >= 0.3 is 0 Å². The average Bonchev–Trinajstić information content (AvgIpc) is 3.09. The van der Waals surface area contributed by atoms with Gasteiger partial charge in [-0.2, -0.15) is 0 Å². The number of nitrogens with zero attached hydrogens (tertiary/aromatic N) is 2. The molecule has 2 fully saturated rings. The van der Waals surface area contributed by atoms with Crippen LogP contribution in [0.25, 0.3) is 0 Å². The molecule has 0 spiro atoms. The smallest absolute Gasteiger partial charge is 0.213 e. The van der Waals surface area contributed by atoms with Crippen LogP contribution in [0.15, 0.2) is 42.5 Å². The van der Waals surface area contributed by atoms with E-state index in [0.29, 0.717) is 29.2 Å². The molecule has 2 aromatic rings. The van der Waals surface area contributed by atoms with Gasteiger partial charge in [0.05, 0.1) is 26.0 Å². The fraction of sp³-hybridized carbons (Fsp3) is 0.500. The highest BCUT2D eigenvalue weighted by Gasteiger charge is 2.42. The van der Waals surface area contributed by atoms with E-state index in [0.717, 1.165) is 38.2 Å². The number of pyridine rings is 1. The molecule has 4 atom stereocenters. The van der Waals surface area contributed by atoms with Crippen molar-refractivity contribution in [2.75, 3.05) is 27.3 Å². The number of aromatic nitrogens is 1. The molecule has 0 unspecified atom stereocenters. The first-order valence-corrected chi connectivity index (χ1v) is 9.86. The Hall–Kier alpha value is -2.31. The summed E-state index contributed by atoms with van der Waals surface area (Å²) in [5.41, 5.74) is 1.01. The van der Waals surface area contributed by atoms with Gasteiger partial charge in [-0.05, 0) is 42.9 Å². The quantitative estimate of drug-likeness (QED) is 0.826. The number of hydrogen-bond acceptors (Lipinski definition) is 6. The molecule has 4 rings (SSSR count). The molecule has 6 heteroatoms. The highest BCUT2D eigenvalue weighted by Crippen LogP contribution is 2.39. The lowest BCUT2D eigenvalue weighted by Crippen LogP contribution is -2.42. The van der Waals surface area contributed by atoms with Gasteiger partial charge in [-0.15, -0.1) is 0 Å². The van der Waals surface area contributed by atoms with Gasteiger partial charge < -0.3 is 19.3 Å². The number of para-hydroxylation sites is 2. The standard InChI is InChI=1S/C22H28N2O4/c1-26-19-7-3-4-8-20(19)28-21-11-16-13-24(12-15(16)10-18(21)25)14-17-6-5-9-22(23-17)27-2/h3-9,15-16,18,21,25H,10-14H2,1-2H3/t15-,16+,18+,21+/m0/s1. The highest BCUT2D eigenvalue weighted by atomic mass is 16.5. The molecule has 1 N–H and O–H groups in total. The number of fused-ring (bicyclic) bond motifs is 1. The normalized spacial score (nSPS) is 27.2. The first-order chi connectivity index (χ1) is 13.7. The van der Waals surface area contributed by atoms with Gasteiger partial charge in [0.25, 0.3) is 0 Å². The maximum atomic E-state index is 10.7. The number of ether oxygens (including phenoxy) is 3. The van der Waals surface area contributed by atoms with Crippen LogP contribution in [-0.4, -0.2) is 54.5 Å². The molecule has 1 aliphatic carbocycles. The van der Waals surface area contributed by atoms with Crippen molar-refractivity contribution in [2.45, 2.75) is 31.6 Å². The fourth-order valence-corrected chi connectivity index (χ4v) is 4.51. The van der Waals surface area contributed by atoms with Crippen LogP contribution < -0.4 is 14.2 Å². The number of aliphatic hydroxyl groups is 1. The summed E-state index contributed by atoms with van der Waals surface area (Å²) in [6, 6.07) is 13.5. The summed E-state index contributed by atoms with van der Waals surface area (Å²) in [7, 11) is 3.27. The third-order valence-electron chi connectivity index (χ3n) is 5.88. The van der Waals surface area contributed by atoms with Crippen molar-refractivity contribution >= 4 is 0 Å². The third-order valence-corrected chi connectivity index (χ3v) is 5.88. The zero-order valence-electron chi connectivity index (χ0n) is 16.5.